The normalized spacial score (nSPS) is 16.5. The van der Waals surface area contributed by atoms with Crippen LogP contribution < -0.4 is 5.73 Å². The molecule has 6 heteroatoms. The maximum absolute atomic E-state index is 12.3. The lowest BCUT2D eigenvalue weighted by atomic mass is 9.83. The lowest BCUT2D eigenvalue weighted by Crippen LogP contribution is -2.56. The van der Waals surface area contributed by atoms with Gasteiger partial charge in [-0.05, 0) is 27.2 Å². The predicted octanol–water partition coefficient (Wildman–Crippen LogP) is 0.378. The van der Waals surface area contributed by atoms with Crippen molar-refractivity contribution in [1.29, 1.82) is 0 Å². The Balaban J connectivity index is 5.28. The molecule has 1 amide bonds. The lowest BCUT2D eigenvalue weighted by molar-refractivity contribution is -0.142. The van der Waals surface area contributed by atoms with Crippen LogP contribution in [-0.2, 0) is 4.79 Å². The Labute approximate surface area is 102 Å². The molecule has 0 aliphatic rings. The minimum absolute atomic E-state index is 0.120. The monoisotopic (exact) mass is 245 g/mol. The maximum atomic E-state index is 12.3. The molecule has 0 aliphatic carbocycles. The molecule has 0 aromatic heterocycles. The number of likely N-dealkylation sites (N-methyl/N-ethyl adjacent to an activating group) is 1. The highest BCUT2D eigenvalue weighted by Gasteiger charge is 2.42. The molecule has 0 aliphatic heterocycles. The zero-order valence-electron chi connectivity index (χ0n) is 11.2. The third-order valence-electron chi connectivity index (χ3n) is 3.45. The highest BCUT2D eigenvalue weighted by atomic mass is 16.4. The highest BCUT2D eigenvalue weighted by molar-refractivity contribution is 6.06. The van der Waals surface area contributed by atoms with Crippen molar-refractivity contribution < 1.29 is 15.1 Å². The molecular weight excluding hydrogens is 222 g/mol. The second-order valence-electron chi connectivity index (χ2n) is 5.01. The second kappa shape index (κ2) is 5.35. The van der Waals surface area contributed by atoms with Gasteiger partial charge in [-0.1, -0.05) is 12.1 Å². The van der Waals surface area contributed by atoms with Crippen LogP contribution in [0.1, 0.15) is 34.1 Å². The van der Waals surface area contributed by atoms with Crippen LogP contribution in [0.2, 0.25) is 0 Å². The van der Waals surface area contributed by atoms with Crippen molar-refractivity contribution in [3.8, 4) is 0 Å². The Morgan fingerprint density at radius 1 is 1.41 bits per heavy atom. The van der Waals surface area contributed by atoms with E-state index >= 15 is 0 Å². The van der Waals surface area contributed by atoms with Gasteiger partial charge in [0.25, 0.3) is 0 Å². The SMILES string of the molecule is CCC(C)(C(=O)N(C)C(C)(C)CO)C(N)=NO. The number of nitrogens with zero attached hydrogens (tertiary/aromatic N) is 2. The lowest BCUT2D eigenvalue weighted by Gasteiger charge is -2.39. The molecule has 0 radical (unpaired) electrons. The molecule has 6 nitrogen and oxygen atoms in total. The van der Waals surface area contributed by atoms with E-state index in [9.17, 15) is 9.90 Å². The molecule has 0 aromatic carbocycles. The van der Waals surface area contributed by atoms with Gasteiger partial charge in [-0.15, -0.1) is 0 Å². The van der Waals surface area contributed by atoms with E-state index < -0.39 is 11.0 Å². The average Bonchev–Trinajstić information content (AvgIpc) is 2.34. The van der Waals surface area contributed by atoms with Gasteiger partial charge in [0.15, 0.2) is 5.84 Å². The Hall–Kier alpha value is -1.30. The van der Waals surface area contributed by atoms with E-state index in [2.05, 4.69) is 5.16 Å². The summed E-state index contributed by atoms with van der Waals surface area (Å²) in [6.07, 6.45) is 0.410. The molecule has 0 heterocycles. The number of rotatable bonds is 5. The molecule has 0 fully saturated rings. The quantitative estimate of drug-likeness (QED) is 0.282. The number of amides is 1. The summed E-state index contributed by atoms with van der Waals surface area (Å²) < 4.78 is 0. The van der Waals surface area contributed by atoms with E-state index in [1.807, 2.05) is 0 Å². The standard InChI is InChI=1S/C11H23N3O3/c1-6-11(4,8(12)13-17)9(16)14(5)10(2,3)7-15/h15,17H,6-7H2,1-5H3,(H2,12,13). The Bertz CT molecular complexity index is 315. The maximum Gasteiger partial charge on any atom is 0.236 e. The van der Waals surface area contributed by atoms with E-state index in [0.29, 0.717) is 6.42 Å². The largest absolute Gasteiger partial charge is 0.409 e. The first-order chi connectivity index (χ1) is 7.67. The van der Waals surface area contributed by atoms with Crippen molar-refractivity contribution in [1.82, 2.24) is 4.90 Å². The van der Waals surface area contributed by atoms with Gasteiger partial charge in [0.05, 0.1) is 12.1 Å². The number of aliphatic hydroxyl groups excluding tert-OH is 1. The van der Waals surface area contributed by atoms with E-state index in [1.165, 1.54) is 4.90 Å². The van der Waals surface area contributed by atoms with Gasteiger partial charge in [-0.25, -0.2) is 0 Å². The molecule has 100 valence electrons. The van der Waals surface area contributed by atoms with Crippen LogP contribution in [0, 0.1) is 5.41 Å². The summed E-state index contributed by atoms with van der Waals surface area (Å²) in [4.78, 5) is 13.8. The first-order valence-electron chi connectivity index (χ1n) is 5.54. The average molecular weight is 245 g/mol. The van der Waals surface area contributed by atoms with Gasteiger partial charge in [0.2, 0.25) is 5.91 Å². The van der Waals surface area contributed by atoms with Crippen LogP contribution in [0.15, 0.2) is 5.16 Å². The van der Waals surface area contributed by atoms with E-state index in [-0.39, 0.29) is 18.3 Å². The minimum atomic E-state index is -1.06. The number of oxime groups is 1. The molecular formula is C11H23N3O3. The summed E-state index contributed by atoms with van der Waals surface area (Å²) in [5.41, 5.74) is 3.82. The molecule has 17 heavy (non-hydrogen) atoms. The molecule has 1 unspecified atom stereocenters. The summed E-state index contributed by atoms with van der Waals surface area (Å²) in [5, 5.41) is 20.9. The minimum Gasteiger partial charge on any atom is -0.409 e. The number of hydrogen-bond donors (Lipinski definition) is 3. The molecule has 0 rings (SSSR count). The number of amidine groups is 1. The Kier molecular flexibility index (Phi) is 4.94. The van der Waals surface area contributed by atoms with Gasteiger partial charge in [0, 0.05) is 7.05 Å². The molecule has 0 saturated carbocycles. The van der Waals surface area contributed by atoms with Crippen molar-refractivity contribution in [2.24, 2.45) is 16.3 Å². The van der Waals surface area contributed by atoms with Gasteiger partial charge < -0.3 is 20.9 Å². The van der Waals surface area contributed by atoms with Gasteiger partial charge >= 0.3 is 0 Å². The zero-order chi connectivity index (χ0) is 13.9. The smallest absolute Gasteiger partial charge is 0.236 e. The number of aliphatic hydroxyl groups is 1. The predicted molar refractivity (Wildman–Crippen MR) is 65.7 cm³/mol. The molecule has 0 aromatic rings. The first kappa shape index (κ1) is 15.7. The van der Waals surface area contributed by atoms with E-state index in [0.717, 1.165) is 0 Å². The third-order valence-corrected chi connectivity index (χ3v) is 3.45. The van der Waals surface area contributed by atoms with Gasteiger partial charge in [0.1, 0.15) is 5.41 Å². The zero-order valence-corrected chi connectivity index (χ0v) is 11.2. The fourth-order valence-corrected chi connectivity index (χ4v) is 1.30. The number of carbonyl (C=O) groups is 1. The number of carbonyl (C=O) groups excluding carboxylic acids is 1. The fourth-order valence-electron chi connectivity index (χ4n) is 1.30. The Morgan fingerprint density at radius 3 is 2.18 bits per heavy atom. The highest BCUT2D eigenvalue weighted by Crippen LogP contribution is 2.27. The summed E-state index contributed by atoms with van der Waals surface area (Å²) in [5.74, 6) is -0.403. The topological polar surface area (TPSA) is 99.2 Å². The van der Waals surface area contributed by atoms with Crippen molar-refractivity contribution in [2.45, 2.75) is 39.7 Å². The van der Waals surface area contributed by atoms with Crippen molar-refractivity contribution in [3.05, 3.63) is 0 Å². The van der Waals surface area contributed by atoms with Crippen LogP contribution in [0.5, 0.6) is 0 Å². The number of hydrogen-bond acceptors (Lipinski definition) is 4. The second-order valence-corrected chi connectivity index (χ2v) is 5.01. The summed E-state index contributed by atoms with van der Waals surface area (Å²) in [6, 6.07) is 0. The number of nitrogens with two attached hydrogens (primary N) is 1. The van der Waals surface area contributed by atoms with E-state index in [1.54, 1.807) is 34.7 Å². The van der Waals surface area contributed by atoms with Crippen LogP contribution in [0.3, 0.4) is 0 Å². The summed E-state index contributed by atoms with van der Waals surface area (Å²) in [6.45, 7) is 6.73. The summed E-state index contributed by atoms with van der Waals surface area (Å²) >= 11 is 0. The molecule has 0 saturated heterocycles. The van der Waals surface area contributed by atoms with Crippen molar-refractivity contribution in [2.75, 3.05) is 13.7 Å². The van der Waals surface area contributed by atoms with Gasteiger partial charge in [-0.3, -0.25) is 4.79 Å². The fraction of sp³-hybridized carbons (Fsp3) is 0.818. The third kappa shape index (κ3) is 2.88. The summed E-state index contributed by atoms with van der Waals surface area (Å²) in [7, 11) is 1.59. The Morgan fingerprint density at radius 2 is 1.88 bits per heavy atom. The first-order valence-corrected chi connectivity index (χ1v) is 5.54. The molecule has 0 spiro atoms. The molecule has 4 N–H and O–H groups in total. The van der Waals surface area contributed by atoms with Crippen LogP contribution >= 0.6 is 0 Å². The van der Waals surface area contributed by atoms with Crippen molar-refractivity contribution in [3.63, 3.8) is 0 Å². The van der Waals surface area contributed by atoms with E-state index in [4.69, 9.17) is 10.9 Å². The van der Waals surface area contributed by atoms with Crippen molar-refractivity contribution >= 4 is 11.7 Å². The van der Waals surface area contributed by atoms with Gasteiger partial charge in [-0.2, -0.15) is 0 Å². The van der Waals surface area contributed by atoms with Crippen LogP contribution in [0.4, 0.5) is 0 Å². The van der Waals surface area contributed by atoms with Crippen LogP contribution in [-0.4, -0.2) is 46.1 Å². The molecule has 1 atom stereocenters. The van der Waals surface area contributed by atoms with Crippen LogP contribution in [0.25, 0.3) is 0 Å². The molecule has 0 bridgehead atoms.